The van der Waals surface area contributed by atoms with E-state index in [1.165, 1.54) is 0 Å². The molecule has 1 atom stereocenters. The Kier molecular flexibility index (Phi) is 3.76. The van der Waals surface area contributed by atoms with Gasteiger partial charge in [-0.2, -0.15) is 0 Å². The number of hydrogen-bond donors (Lipinski definition) is 1. The average molecular weight is 342 g/mol. The zero-order valence-corrected chi connectivity index (χ0v) is 16.7. The van der Waals surface area contributed by atoms with Gasteiger partial charge in [0.25, 0.3) is 0 Å². The largest absolute Gasteiger partial charge is 0.402 e. The SMILES string of the molecule is CC(=O)C1=C(c2ccccc2)ON2C(C)(C)C(C)(C)NC12C(C)(C)C. The normalized spacial score (nSPS) is 28.0. The van der Waals surface area contributed by atoms with Gasteiger partial charge < -0.3 is 4.84 Å². The van der Waals surface area contributed by atoms with Crippen LogP contribution >= 0.6 is 0 Å². The Labute approximate surface area is 151 Å². The van der Waals surface area contributed by atoms with Crippen LogP contribution in [0.1, 0.15) is 61.0 Å². The van der Waals surface area contributed by atoms with Crippen LogP contribution in [0.25, 0.3) is 5.76 Å². The van der Waals surface area contributed by atoms with Gasteiger partial charge >= 0.3 is 0 Å². The highest BCUT2D eigenvalue weighted by Gasteiger charge is 2.71. The molecule has 3 rings (SSSR count). The molecule has 0 amide bonds. The van der Waals surface area contributed by atoms with Crippen LogP contribution < -0.4 is 5.32 Å². The number of carbonyl (C=O) groups is 1. The van der Waals surface area contributed by atoms with Gasteiger partial charge in [0.1, 0.15) is 5.66 Å². The lowest BCUT2D eigenvalue weighted by Gasteiger charge is -2.45. The Morgan fingerprint density at radius 2 is 1.64 bits per heavy atom. The number of rotatable bonds is 2. The number of ketones is 1. The second-order valence-corrected chi connectivity index (χ2v) is 9.28. The third-order valence-corrected chi connectivity index (χ3v) is 6.08. The number of fused-ring (bicyclic) bond motifs is 1. The standard InChI is InChI=1S/C21H30N2O2/c1-14(24)16-17(15-12-10-9-11-13-15)25-23-20(7,8)19(5,6)22-21(16,23)18(2,3)4/h9-13,22H,1-8H3. The lowest BCUT2D eigenvalue weighted by molar-refractivity contribution is -0.199. The first-order valence-electron chi connectivity index (χ1n) is 8.95. The van der Waals surface area contributed by atoms with Gasteiger partial charge in [0.2, 0.25) is 0 Å². The van der Waals surface area contributed by atoms with Gasteiger partial charge in [-0.25, -0.2) is 0 Å². The Balaban J connectivity index is 2.33. The molecule has 136 valence electrons. The highest BCUT2D eigenvalue weighted by atomic mass is 16.7. The first kappa shape index (κ1) is 18.2. The second-order valence-electron chi connectivity index (χ2n) is 9.28. The molecule has 0 aromatic heterocycles. The van der Waals surface area contributed by atoms with E-state index in [0.717, 1.165) is 5.56 Å². The summed E-state index contributed by atoms with van der Waals surface area (Å²) in [5.74, 6) is 0.705. The van der Waals surface area contributed by atoms with E-state index in [2.05, 4.69) is 53.8 Å². The van der Waals surface area contributed by atoms with E-state index < -0.39 is 5.66 Å². The number of nitrogens with zero attached hydrogens (tertiary/aromatic N) is 1. The van der Waals surface area contributed by atoms with Crippen molar-refractivity contribution in [2.45, 2.75) is 72.1 Å². The summed E-state index contributed by atoms with van der Waals surface area (Å²) in [5, 5.41) is 5.82. The van der Waals surface area contributed by atoms with E-state index in [-0.39, 0.29) is 22.3 Å². The van der Waals surface area contributed by atoms with Crippen molar-refractivity contribution in [1.82, 2.24) is 10.4 Å². The number of benzene rings is 1. The van der Waals surface area contributed by atoms with Crippen LogP contribution in [-0.4, -0.2) is 27.6 Å². The second kappa shape index (κ2) is 5.18. The molecule has 1 saturated heterocycles. The van der Waals surface area contributed by atoms with Crippen LogP contribution in [0.15, 0.2) is 35.9 Å². The van der Waals surface area contributed by atoms with Crippen molar-refractivity contribution in [3.63, 3.8) is 0 Å². The molecule has 2 aliphatic rings. The van der Waals surface area contributed by atoms with Crippen molar-refractivity contribution < 1.29 is 9.63 Å². The van der Waals surface area contributed by atoms with Crippen molar-refractivity contribution in [2.24, 2.45) is 5.41 Å². The topological polar surface area (TPSA) is 41.6 Å². The summed E-state index contributed by atoms with van der Waals surface area (Å²) in [6.07, 6.45) is 0. The van der Waals surface area contributed by atoms with Crippen LogP contribution in [0.4, 0.5) is 0 Å². The Hall–Kier alpha value is -1.65. The van der Waals surface area contributed by atoms with Crippen LogP contribution in [0.5, 0.6) is 0 Å². The predicted molar refractivity (Wildman–Crippen MR) is 100 cm³/mol. The van der Waals surface area contributed by atoms with Gasteiger partial charge in [-0.15, -0.1) is 5.06 Å². The Bertz CT molecular complexity index is 741. The summed E-state index contributed by atoms with van der Waals surface area (Å²) in [6.45, 7) is 16.8. The van der Waals surface area contributed by atoms with E-state index in [0.29, 0.717) is 11.3 Å². The number of hydrogen-bond acceptors (Lipinski definition) is 4. The maximum atomic E-state index is 12.8. The molecule has 0 radical (unpaired) electrons. The van der Waals surface area contributed by atoms with Gasteiger partial charge in [-0.3, -0.25) is 10.1 Å². The van der Waals surface area contributed by atoms with E-state index in [9.17, 15) is 4.79 Å². The molecule has 1 N–H and O–H groups in total. The number of nitrogens with one attached hydrogen (secondary N) is 1. The minimum absolute atomic E-state index is 0.0391. The van der Waals surface area contributed by atoms with E-state index in [1.807, 2.05) is 35.4 Å². The first-order chi connectivity index (χ1) is 11.4. The molecule has 4 nitrogen and oxygen atoms in total. The molecule has 1 aromatic rings. The summed E-state index contributed by atoms with van der Waals surface area (Å²) in [6, 6.07) is 9.90. The summed E-state index contributed by atoms with van der Waals surface area (Å²) >= 11 is 0. The minimum Gasteiger partial charge on any atom is -0.402 e. The highest BCUT2D eigenvalue weighted by molar-refractivity contribution is 6.03. The van der Waals surface area contributed by atoms with Gasteiger partial charge in [-0.1, -0.05) is 51.1 Å². The maximum Gasteiger partial charge on any atom is 0.164 e. The molecular formula is C21H30N2O2. The van der Waals surface area contributed by atoms with Crippen LogP contribution in [0, 0.1) is 5.41 Å². The van der Waals surface area contributed by atoms with E-state index >= 15 is 0 Å². The molecule has 0 saturated carbocycles. The molecule has 4 heteroatoms. The monoisotopic (exact) mass is 342 g/mol. The fourth-order valence-corrected chi connectivity index (χ4v) is 4.05. The van der Waals surface area contributed by atoms with Gasteiger partial charge in [0, 0.05) is 16.5 Å². The van der Waals surface area contributed by atoms with E-state index in [1.54, 1.807) is 6.92 Å². The van der Waals surface area contributed by atoms with Crippen molar-refractivity contribution >= 4 is 11.5 Å². The van der Waals surface area contributed by atoms with Crippen LogP contribution in [0.2, 0.25) is 0 Å². The highest BCUT2D eigenvalue weighted by Crippen LogP contribution is 2.58. The zero-order valence-electron chi connectivity index (χ0n) is 16.7. The smallest absolute Gasteiger partial charge is 0.164 e. The van der Waals surface area contributed by atoms with Gasteiger partial charge in [0.15, 0.2) is 11.5 Å². The molecular weight excluding hydrogens is 312 g/mol. The molecule has 0 bridgehead atoms. The first-order valence-corrected chi connectivity index (χ1v) is 8.95. The lowest BCUT2D eigenvalue weighted by atomic mass is 9.74. The fourth-order valence-electron chi connectivity index (χ4n) is 4.05. The minimum atomic E-state index is -0.684. The molecule has 1 unspecified atom stereocenters. The van der Waals surface area contributed by atoms with Gasteiger partial charge in [0.05, 0.1) is 11.1 Å². The molecule has 25 heavy (non-hydrogen) atoms. The summed E-state index contributed by atoms with van der Waals surface area (Å²) in [5.41, 5.74) is 0.166. The third-order valence-electron chi connectivity index (χ3n) is 6.08. The van der Waals surface area contributed by atoms with Crippen molar-refractivity contribution in [1.29, 1.82) is 0 Å². The number of hydroxylamine groups is 2. The van der Waals surface area contributed by atoms with Crippen molar-refractivity contribution in [3.05, 3.63) is 41.5 Å². The van der Waals surface area contributed by atoms with Gasteiger partial charge in [-0.05, 0) is 34.6 Å². The molecule has 1 aromatic carbocycles. The van der Waals surface area contributed by atoms with E-state index in [4.69, 9.17) is 4.84 Å². The third kappa shape index (κ3) is 2.24. The van der Waals surface area contributed by atoms with Crippen LogP contribution in [0.3, 0.4) is 0 Å². The summed E-state index contributed by atoms with van der Waals surface area (Å²) in [7, 11) is 0. The lowest BCUT2D eigenvalue weighted by Crippen LogP contribution is -2.62. The Morgan fingerprint density at radius 3 is 2.12 bits per heavy atom. The molecule has 0 spiro atoms. The molecule has 1 fully saturated rings. The number of Topliss-reactive ketones (excluding diaryl/α,β-unsaturated/α-hetero) is 1. The average Bonchev–Trinajstić information content (AvgIpc) is 2.90. The zero-order chi connectivity index (χ0) is 18.8. The molecule has 2 aliphatic heterocycles. The van der Waals surface area contributed by atoms with Crippen molar-refractivity contribution in [2.75, 3.05) is 0 Å². The predicted octanol–water partition coefficient (Wildman–Crippen LogP) is 4.14. The fraction of sp³-hybridized carbons (Fsp3) is 0.571. The quantitative estimate of drug-likeness (QED) is 0.877. The maximum absolute atomic E-state index is 12.8. The van der Waals surface area contributed by atoms with Crippen LogP contribution in [-0.2, 0) is 9.63 Å². The summed E-state index contributed by atoms with van der Waals surface area (Å²) < 4.78 is 0. The molecule has 2 heterocycles. The summed E-state index contributed by atoms with van der Waals surface area (Å²) in [4.78, 5) is 19.3. The number of carbonyl (C=O) groups excluding carboxylic acids is 1. The molecule has 0 aliphatic carbocycles. The van der Waals surface area contributed by atoms with Crippen molar-refractivity contribution in [3.8, 4) is 0 Å². The Morgan fingerprint density at radius 1 is 1.08 bits per heavy atom.